The predicted octanol–water partition coefficient (Wildman–Crippen LogP) is 3.79. The molecule has 3 aromatic carbocycles. The Morgan fingerprint density at radius 3 is 2.25 bits per heavy atom. The van der Waals surface area contributed by atoms with Gasteiger partial charge in [0.25, 0.3) is 11.8 Å². The second-order valence-corrected chi connectivity index (χ2v) is 6.22. The summed E-state index contributed by atoms with van der Waals surface area (Å²) < 4.78 is 18.6. The number of aryl methyl sites for hydroxylation is 1. The fourth-order valence-electron chi connectivity index (χ4n) is 2.55. The molecule has 0 spiro atoms. The van der Waals surface area contributed by atoms with Crippen LogP contribution in [-0.2, 0) is 6.61 Å². The number of hydrogen-bond acceptors (Lipinski definition) is 3. The van der Waals surface area contributed by atoms with Crippen LogP contribution in [0.25, 0.3) is 0 Å². The van der Waals surface area contributed by atoms with E-state index in [1.54, 1.807) is 24.3 Å². The van der Waals surface area contributed by atoms with Gasteiger partial charge in [-0.05, 0) is 55.0 Å². The minimum Gasteiger partial charge on any atom is -0.489 e. The van der Waals surface area contributed by atoms with Crippen LogP contribution in [0, 0.1) is 12.7 Å². The van der Waals surface area contributed by atoms with Gasteiger partial charge < -0.3 is 4.74 Å². The Bertz CT molecular complexity index is 987. The molecule has 0 atom stereocenters. The molecule has 0 heterocycles. The highest BCUT2D eigenvalue weighted by Gasteiger charge is 2.10. The lowest BCUT2D eigenvalue weighted by Gasteiger charge is -2.10. The van der Waals surface area contributed by atoms with Gasteiger partial charge >= 0.3 is 0 Å². The van der Waals surface area contributed by atoms with Gasteiger partial charge in [-0.1, -0.05) is 35.9 Å². The van der Waals surface area contributed by atoms with Gasteiger partial charge in [0, 0.05) is 11.1 Å². The fraction of sp³-hybridized carbons (Fsp3) is 0.0909. The van der Waals surface area contributed by atoms with Gasteiger partial charge in [0.1, 0.15) is 18.2 Å². The molecule has 0 unspecified atom stereocenters. The summed E-state index contributed by atoms with van der Waals surface area (Å²) in [6.45, 7) is 2.39. The van der Waals surface area contributed by atoms with E-state index in [4.69, 9.17) is 4.74 Å². The minimum atomic E-state index is -0.541. The molecular formula is C22H19FN2O3. The topological polar surface area (TPSA) is 67.4 Å². The number of rotatable bonds is 5. The highest BCUT2D eigenvalue weighted by Crippen LogP contribution is 2.15. The van der Waals surface area contributed by atoms with Gasteiger partial charge in [0.2, 0.25) is 0 Å². The Morgan fingerprint density at radius 2 is 1.54 bits per heavy atom. The molecule has 3 aromatic rings. The van der Waals surface area contributed by atoms with Gasteiger partial charge in [-0.25, -0.2) is 4.39 Å². The van der Waals surface area contributed by atoms with Crippen LogP contribution < -0.4 is 15.6 Å². The Balaban J connectivity index is 1.57. The van der Waals surface area contributed by atoms with Crippen molar-refractivity contribution in [2.45, 2.75) is 13.5 Å². The molecule has 0 aromatic heterocycles. The number of benzene rings is 3. The van der Waals surface area contributed by atoms with E-state index < -0.39 is 17.6 Å². The van der Waals surface area contributed by atoms with Crippen molar-refractivity contribution < 1.29 is 18.7 Å². The second-order valence-electron chi connectivity index (χ2n) is 6.22. The monoisotopic (exact) mass is 378 g/mol. The van der Waals surface area contributed by atoms with Crippen LogP contribution in [0.15, 0.2) is 72.8 Å². The summed E-state index contributed by atoms with van der Waals surface area (Å²) in [6, 6.07) is 19.6. The lowest BCUT2D eigenvalue weighted by atomic mass is 10.1. The summed E-state index contributed by atoms with van der Waals surface area (Å²) in [5.41, 5.74) is 7.37. The number of nitrogens with one attached hydrogen (secondary N) is 2. The van der Waals surface area contributed by atoms with E-state index in [2.05, 4.69) is 10.9 Å². The van der Waals surface area contributed by atoms with Crippen molar-refractivity contribution in [3.8, 4) is 5.75 Å². The fourth-order valence-corrected chi connectivity index (χ4v) is 2.55. The number of hydrazine groups is 1. The molecule has 0 fully saturated rings. The Hall–Kier alpha value is -3.67. The molecule has 0 bridgehead atoms. The number of amides is 2. The van der Waals surface area contributed by atoms with E-state index >= 15 is 0 Å². The van der Waals surface area contributed by atoms with Crippen molar-refractivity contribution in [3.05, 3.63) is 101 Å². The maximum absolute atomic E-state index is 12.9. The zero-order valence-electron chi connectivity index (χ0n) is 15.2. The maximum atomic E-state index is 12.9. The van der Waals surface area contributed by atoms with Gasteiger partial charge in [0.15, 0.2) is 0 Å². The summed E-state index contributed by atoms with van der Waals surface area (Å²) in [5.74, 6) is -0.932. The average molecular weight is 378 g/mol. The van der Waals surface area contributed by atoms with Crippen LogP contribution in [0.1, 0.15) is 31.8 Å². The number of carbonyl (C=O) groups excluding carboxylic acids is 2. The molecule has 28 heavy (non-hydrogen) atoms. The minimum absolute atomic E-state index is 0.233. The molecule has 0 aliphatic rings. The molecule has 0 aliphatic carbocycles. The van der Waals surface area contributed by atoms with E-state index in [0.717, 1.165) is 11.1 Å². The molecular weight excluding hydrogens is 359 g/mol. The lowest BCUT2D eigenvalue weighted by Crippen LogP contribution is -2.41. The van der Waals surface area contributed by atoms with E-state index in [9.17, 15) is 14.0 Å². The molecule has 0 radical (unpaired) electrons. The van der Waals surface area contributed by atoms with E-state index in [-0.39, 0.29) is 5.56 Å². The van der Waals surface area contributed by atoms with E-state index in [1.165, 1.54) is 24.3 Å². The molecule has 0 aliphatic heterocycles. The zero-order chi connectivity index (χ0) is 19.9. The maximum Gasteiger partial charge on any atom is 0.269 e. The van der Waals surface area contributed by atoms with Gasteiger partial charge in [-0.15, -0.1) is 0 Å². The summed E-state index contributed by atoms with van der Waals surface area (Å²) in [7, 11) is 0. The molecule has 0 saturated heterocycles. The van der Waals surface area contributed by atoms with Gasteiger partial charge in [0.05, 0.1) is 0 Å². The van der Waals surface area contributed by atoms with Crippen molar-refractivity contribution >= 4 is 11.8 Å². The first-order valence-electron chi connectivity index (χ1n) is 8.66. The Labute approximate surface area is 162 Å². The molecule has 2 amide bonds. The molecule has 0 saturated carbocycles. The van der Waals surface area contributed by atoms with Crippen molar-refractivity contribution in [2.24, 2.45) is 0 Å². The van der Waals surface area contributed by atoms with Crippen LogP contribution in [-0.4, -0.2) is 11.8 Å². The Morgan fingerprint density at radius 1 is 0.857 bits per heavy atom. The largest absolute Gasteiger partial charge is 0.489 e. The second kappa shape index (κ2) is 8.81. The summed E-state index contributed by atoms with van der Waals surface area (Å²) in [4.78, 5) is 24.2. The first kappa shape index (κ1) is 19.1. The predicted molar refractivity (Wildman–Crippen MR) is 103 cm³/mol. The van der Waals surface area contributed by atoms with Gasteiger partial charge in [-0.3, -0.25) is 20.4 Å². The number of carbonyl (C=O) groups is 2. The highest BCUT2D eigenvalue weighted by atomic mass is 19.1. The highest BCUT2D eigenvalue weighted by molar-refractivity contribution is 5.99. The Kier molecular flexibility index (Phi) is 6.01. The first-order valence-corrected chi connectivity index (χ1v) is 8.66. The number of halogens is 1. The number of hydrogen-bond donors (Lipinski definition) is 2. The zero-order valence-corrected chi connectivity index (χ0v) is 15.2. The van der Waals surface area contributed by atoms with E-state index in [1.807, 2.05) is 31.2 Å². The SMILES string of the molecule is Cc1cccc(COc2cccc(C(=O)NNC(=O)c3ccc(F)cc3)c2)c1. The van der Waals surface area contributed by atoms with E-state index in [0.29, 0.717) is 17.9 Å². The van der Waals surface area contributed by atoms with Crippen LogP contribution in [0.3, 0.4) is 0 Å². The standard InChI is InChI=1S/C22H19FN2O3/c1-15-4-2-5-16(12-15)14-28-20-7-3-6-18(13-20)22(27)25-24-21(26)17-8-10-19(23)11-9-17/h2-13H,14H2,1H3,(H,24,26)(H,25,27). The molecule has 5 nitrogen and oxygen atoms in total. The molecule has 6 heteroatoms. The third-order valence-corrected chi connectivity index (χ3v) is 3.98. The summed E-state index contributed by atoms with van der Waals surface area (Å²) in [6.07, 6.45) is 0. The van der Waals surface area contributed by atoms with Crippen molar-refractivity contribution in [3.63, 3.8) is 0 Å². The third-order valence-electron chi connectivity index (χ3n) is 3.98. The first-order chi connectivity index (χ1) is 13.5. The molecule has 3 rings (SSSR count). The van der Waals surface area contributed by atoms with Gasteiger partial charge in [-0.2, -0.15) is 0 Å². The third kappa shape index (κ3) is 5.17. The smallest absolute Gasteiger partial charge is 0.269 e. The van der Waals surface area contributed by atoms with Crippen LogP contribution >= 0.6 is 0 Å². The molecule has 142 valence electrons. The van der Waals surface area contributed by atoms with Crippen molar-refractivity contribution in [1.29, 1.82) is 0 Å². The molecule has 2 N–H and O–H groups in total. The normalized spacial score (nSPS) is 10.2. The van der Waals surface area contributed by atoms with Crippen molar-refractivity contribution in [2.75, 3.05) is 0 Å². The quantitative estimate of drug-likeness (QED) is 0.664. The summed E-state index contributed by atoms with van der Waals surface area (Å²) in [5, 5.41) is 0. The van der Waals surface area contributed by atoms with Crippen LogP contribution in [0.4, 0.5) is 4.39 Å². The van der Waals surface area contributed by atoms with Crippen LogP contribution in [0.5, 0.6) is 5.75 Å². The average Bonchev–Trinajstić information content (AvgIpc) is 2.71. The summed E-state index contributed by atoms with van der Waals surface area (Å²) >= 11 is 0. The van der Waals surface area contributed by atoms with Crippen LogP contribution in [0.2, 0.25) is 0 Å². The van der Waals surface area contributed by atoms with Crippen molar-refractivity contribution in [1.82, 2.24) is 10.9 Å². The number of ether oxygens (including phenoxy) is 1. The lowest BCUT2D eigenvalue weighted by molar-refractivity contribution is 0.0846.